The van der Waals surface area contributed by atoms with E-state index in [1.54, 1.807) is 18.5 Å². The summed E-state index contributed by atoms with van der Waals surface area (Å²) in [5, 5.41) is 1.26. The van der Waals surface area contributed by atoms with Crippen LogP contribution >= 0.6 is 15.9 Å². The van der Waals surface area contributed by atoms with Crippen LogP contribution in [0.15, 0.2) is 46.5 Å². The molecule has 1 aromatic heterocycles. The van der Waals surface area contributed by atoms with Crippen LogP contribution in [0.4, 0.5) is 0 Å². The first kappa shape index (κ1) is 19.0. The molecular formula is C18H20BrN3O3S. The monoisotopic (exact) mass is 437 g/mol. The zero-order valence-electron chi connectivity index (χ0n) is 14.4. The van der Waals surface area contributed by atoms with E-state index in [9.17, 15) is 8.42 Å². The van der Waals surface area contributed by atoms with Crippen molar-refractivity contribution in [1.82, 2.24) is 14.3 Å². The molecule has 1 aliphatic heterocycles. The van der Waals surface area contributed by atoms with Crippen molar-refractivity contribution in [3.8, 4) is 6.01 Å². The molecular weight excluding hydrogens is 418 g/mol. The van der Waals surface area contributed by atoms with Crippen molar-refractivity contribution in [3.05, 3.63) is 57.7 Å². The molecule has 6 nitrogen and oxygen atoms in total. The van der Waals surface area contributed by atoms with Crippen LogP contribution in [-0.2, 0) is 10.0 Å². The molecule has 3 rings (SSSR count). The Hall–Kier alpha value is -1.77. The highest BCUT2D eigenvalue weighted by molar-refractivity contribution is 9.10. The van der Waals surface area contributed by atoms with Crippen molar-refractivity contribution < 1.29 is 13.2 Å². The van der Waals surface area contributed by atoms with E-state index in [2.05, 4.69) is 25.9 Å². The number of piperidine rings is 1. The predicted octanol–water partition coefficient (Wildman–Crippen LogP) is 3.39. The molecule has 2 aromatic rings. The van der Waals surface area contributed by atoms with Crippen LogP contribution in [0.5, 0.6) is 6.01 Å². The third kappa shape index (κ3) is 5.12. The van der Waals surface area contributed by atoms with Gasteiger partial charge in [0.15, 0.2) is 0 Å². The SMILES string of the molecule is Cc1ccc(/C=C/S(=O)(=O)N2CCCC(Oc3ncc(Br)cn3)C2)cc1. The van der Waals surface area contributed by atoms with Gasteiger partial charge in [0.2, 0.25) is 10.0 Å². The Morgan fingerprint density at radius 3 is 2.62 bits per heavy atom. The van der Waals surface area contributed by atoms with Gasteiger partial charge in [-0.05, 0) is 47.3 Å². The van der Waals surface area contributed by atoms with E-state index in [1.807, 2.05) is 31.2 Å². The largest absolute Gasteiger partial charge is 0.459 e. The minimum Gasteiger partial charge on any atom is -0.459 e. The number of sulfonamides is 1. The summed E-state index contributed by atoms with van der Waals surface area (Å²) in [6.07, 6.45) is 6.07. The third-order valence-electron chi connectivity index (χ3n) is 4.08. The van der Waals surface area contributed by atoms with Gasteiger partial charge in [-0.2, -0.15) is 4.31 Å². The van der Waals surface area contributed by atoms with Gasteiger partial charge in [-0.15, -0.1) is 0 Å². The van der Waals surface area contributed by atoms with E-state index in [-0.39, 0.29) is 12.1 Å². The maximum atomic E-state index is 12.6. The Morgan fingerprint density at radius 2 is 1.92 bits per heavy atom. The van der Waals surface area contributed by atoms with E-state index >= 15 is 0 Å². The van der Waals surface area contributed by atoms with Crippen LogP contribution in [-0.4, -0.2) is 41.9 Å². The maximum Gasteiger partial charge on any atom is 0.316 e. The molecule has 0 aliphatic carbocycles. The number of nitrogens with zero attached hydrogens (tertiary/aromatic N) is 3. The summed E-state index contributed by atoms with van der Waals surface area (Å²) in [4.78, 5) is 8.16. The van der Waals surface area contributed by atoms with E-state index in [1.165, 1.54) is 9.71 Å². The van der Waals surface area contributed by atoms with Crippen molar-refractivity contribution in [1.29, 1.82) is 0 Å². The standard InChI is InChI=1S/C18H20BrN3O3S/c1-14-4-6-15(7-5-14)8-10-26(23,24)22-9-2-3-17(13-22)25-18-20-11-16(19)12-21-18/h4-8,10-12,17H,2-3,9,13H2,1H3/b10-8+. The Morgan fingerprint density at radius 1 is 1.23 bits per heavy atom. The fraction of sp³-hybridized carbons (Fsp3) is 0.333. The Labute approximate surface area is 162 Å². The molecule has 1 aliphatic rings. The van der Waals surface area contributed by atoms with Crippen LogP contribution in [0.3, 0.4) is 0 Å². The van der Waals surface area contributed by atoms with Gasteiger partial charge < -0.3 is 4.74 Å². The highest BCUT2D eigenvalue weighted by Gasteiger charge is 2.28. The smallest absolute Gasteiger partial charge is 0.316 e. The summed E-state index contributed by atoms with van der Waals surface area (Å²) in [6, 6.07) is 7.96. The molecule has 138 valence electrons. The second-order valence-electron chi connectivity index (χ2n) is 6.18. The van der Waals surface area contributed by atoms with Crippen LogP contribution < -0.4 is 4.74 Å². The number of ether oxygens (including phenoxy) is 1. The average molecular weight is 438 g/mol. The first-order valence-corrected chi connectivity index (χ1v) is 10.6. The van der Waals surface area contributed by atoms with Gasteiger partial charge in [0, 0.05) is 24.3 Å². The molecule has 1 fully saturated rings. The van der Waals surface area contributed by atoms with Gasteiger partial charge >= 0.3 is 6.01 Å². The quantitative estimate of drug-likeness (QED) is 0.716. The number of hydrogen-bond donors (Lipinski definition) is 0. The van der Waals surface area contributed by atoms with Crippen LogP contribution in [0, 0.1) is 6.92 Å². The molecule has 0 amide bonds. The van der Waals surface area contributed by atoms with E-state index in [0.29, 0.717) is 13.1 Å². The topological polar surface area (TPSA) is 72.4 Å². The first-order chi connectivity index (χ1) is 12.4. The van der Waals surface area contributed by atoms with Crippen LogP contribution in [0.25, 0.3) is 6.08 Å². The summed E-state index contributed by atoms with van der Waals surface area (Å²) in [5.74, 6) is 0. The summed E-state index contributed by atoms with van der Waals surface area (Å²) >= 11 is 3.27. The fourth-order valence-corrected chi connectivity index (χ4v) is 4.13. The molecule has 8 heteroatoms. The predicted molar refractivity (Wildman–Crippen MR) is 104 cm³/mol. The number of aromatic nitrogens is 2. The minimum absolute atomic E-state index is 0.257. The van der Waals surface area contributed by atoms with Crippen molar-refractivity contribution >= 4 is 32.0 Å². The van der Waals surface area contributed by atoms with E-state index in [0.717, 1.165) is 28.4 Å². The molecule has 0 saturated carbocycles. The van der Waals surface area contributed by atoms with Crippen molar-refractivity contribution in [2.45, 2.75) is 25.9 Å². The zero-order chi connectivity index (χ0) is 18.6. The average Bonchev–Trinajstić information content (AvgIpc) is 2.63. The molecule has 1 saturated heterocycles. The summed E-state index contributed by atoms with van der Waals surface area (Å²) < 4.78 is 33.2. The number of benzene rings is 1. The lowest BCUT2D eigenvalue weighted by Gasteiger charge is -2.30. The van der Waals surface area contributed by atoms with Gasteiger partial charge in [-0.1, -0.05) is 29.8 Å². The number of hydrogen-bond acceptors (Lipinski definition) is 5. The van der Waals surface area contributed by atoms with Gasteiger partial charge in [0.1, 0.15) is 6.10 Å². The van der Waals surface area contributed by atoms with Crippen LogP contribution in [0.1, 0.15) is 24.0 Å². The first-order valence-electron chi connectivity index (χ1n) is 8.31. The normalized spacial score (nSPS) is 18.9. The van der Waals surface area contributed by atoms with E-state index in [4.69, 9.17) is 4.74 Å². The zero-order valence-corrected chi connectivity index (χ0v) is 16.8. The number of halogens is 1. The molecule has 1 unspecified atom stereocenters. The van der Waals surface area contributed by atoms with Crippen molar-refractivity contribution in [2.75, 3.05) is 13.1 Å². The van der Waals surface area contributed by atoms with Gasteiger partial charge in [-0.25, -0.2) is 18.4 Å². The van der Waals surface area contributed by atoms with Crippen LogP contribution in [0.2, 0.25) is 0 Å². The summed E-state index contributed by atoms with van der Waals surface area (Å²) in [5.41, 5.74) is 1.99. The maximum absolute atomic E-state index is 12.6. The lowest BCUT2D eigenvalue weighted by Crippen LogP contribution is -2.43. The molecule has 0 radical (unpaired) electrons. The molecule has 0 spiro atoms. The lowest BCUT2D eigenvalue weighted by molar-refractivity contribution is 0.119. The van der Waals surface area contributed by atoms with Gasteiger partial charge in [-0.3, -0.25) is 0 Å². The van der Waals surface area contributed by atoms with Crippen molar-refractivity contribution in [3.63, 3.8) is 0 Å². The number of aryl methyl sites for hydroxylation is 1. The van der Waals surface area contributed by atoms with Gasteiger partial charge in [0.25, 0.3) is 0 Å². The van der Waals surface area contributed by atoms with Crippen molar-refractivity contribution in [2.24, 2.45) is 0 Å². The Kier molecular flexibility index (Phi) is 6.05. The Balaban J connectivity index is 1.65. The third-order valence-corrected chi connectivity index (χ3v) is 6.02. The second kappa shape index (κ2) is 8.28. The van der Waals surface area contributed by atoms with Gasteiger partial charge in [0.05, 0.1) is 11.0 Å². The van der Waals surface area contributed by atoms with E-state index < -0.39 is 10.0 Å². The second-order valence-corrected chi connectivity index (χ2v) is 8.92. The summed E-state index contributed by atoms with van der Waals surface area (Å²) in [7, 11) is -3.50. The highest BCUT2D eigenvalue weighted by Crippen LogP contribution is 2.20. The minimum atomic E-state index is -3.50. The Bertz CT molecular complexity index is 868. The number of rotatable bonds is 5. The molecule has 0 N–H and O–H groups in total. The molecule has 0 bridgehead atoms. The molecule has 1 aromatic carbocycles. The molecule has 26 heavy (non-hydrogen) atoms. The lowest BCUT2D eigenvalue weighted by atomic mass is 10.1. The fourth-order valence-electron chi connectivity index (χ4n) is 2.67. The molecule has 2 heterocycles. The summed E-state index contributed by atoms with van der Waals surface area (Å²) in [6.45, 7) is 2.77. The molecule has 1 atom stereocenters. The highest BCUT2D eigenvalue weighted by atomic mass is 79.9.